The Hall–Kier alpha value is -2.14. The van der Waals surface area contributed by atoms with E-state index in [4.69, 9.17) is 4.74 Å². The van der Waals surface area contributed by atoms with Crippen LogP contribution in [-0.4, -0.2) is 31.6 Å². The molecule has 0 atom stereocenters. The molecule has 112 valence electrons. The first-order valence-electron chi connectivity index (χ1n) is 6.93. The molecule has 1 fully saturated rings. The highest BCUT2D eigenvalue weighted by Gasteiger charge is 2.34. The van der Waals surface area contributed by atoms with Crippen LogP contribution in [0.25, 0.3) is 0 Å². The van der Waals surface area contributed by atoms with Crippen molar-refractivity contribution >= 4 is 11.9 Å². The van der Waals surface area contributed by atoms with Crippen molar-refractivity contribution < 1.29 is 19.4 Å². The Bertz CT molecular complexity index is 518. The van der Waals surface area contributed by atoms with E-state index in [1.807, 2.05) is 18.2 Å². The van der Waals surface area contributed by atoms with Crippen molar-refractivity contribution in [3.63, 3.8) is 0 Å². The predicted molar refractivity (Wildman–Crippen MR) is 75.3 cm³/mol. The molecule has 1 amide bonds. The molecule has 0 aromatic heterocycles. The molecule has 1 aromatic rings. The maximum absolute atomic E-state index is 11.6. The van der Waals surface area contributed by atoms with Crippen molar-refractivity contribution in [3.8, 4) is 0 Å². The van der Waals surface area contributed by atoms with Crippen LogP contribution in [0.3, 0.4) is 0 Å². The molecule has 1 N–H and O–H groups in total. The van der Waals surface area contributed by atoms with Gasteiger partial charge in [-0.25, -0.2) is 0 Å². The predicted octanol–water partition coefficient (Wildman–Crippen LogP) is 0.157. The van der Waals surface area contributed by atoms with Crippen LogP contribution in [0.5, 0.6) is 0 Å². The van der Waals surface area contributed by atoms with Gasteiger partial charge in [-0.05, 0) is 24.5 Å². The molecule has 0 bridgehead atoms. The molecule has 0 aliphatic carbocycles. The summed E-state index contributed by atoms with van der Waals surface area (Å²) in [5.74, 6) is -1.81. The summed E-state index contributed by atoms with van der Waals surface area (Å²) in [7, 11) is 0. The van der Waals surface area contributed by atoms with Crippen LogP contribution in [0.4, 0.5) is 0 Å². The number of carboxylic acid groups (broad SMARTS) is 1. The summed E-state index contributed by atoms with van der Waals surface area (Å²) in [6.45, 7) is 1.76. The number of aliphatic carboxylic acids is 1. The van der Waals surface area contributed by atoms with E-state index in [9.17, 15) is 14.7 Å². The first-order chi connectivity index (χ1) is 10.1. The second kappa shape index (κ2) is 7.04. The summed E-state index contributed by atoms with van der Waals surface area (Å²) >= 11 is 0. The zero-order valence-electron chi connectivity index (χ0n) is 11.7. The maximum Gasteiger partial charge on any atom is 0.244 e. The van der Waals surface area contributed by atoms with E-state index in [1.54, 1.807) is 0 Å². The molecule has 1 aliphatic heterocycles. The average Bonchev–Trinajstić information content (AvgIpc) is 2.52. The Morgan fingerprint density at radius 1 is 1.19 bits per heavy atom. The topological polar surface area (TPSA) is 78.5 Å². The second-order valence-electron chi connectivity index (χ2n) is 5.13. The summed E-state index contributed by atoms with van der Waals surface area (Å²) in [5, 5.41) is 13.1. The molecule has 2 rings (SSSR count). The largest absolute Gasteiger partial charge is 0.545 e. The number of rotatable bonds is 5. The molecule has 0 unspecified atom stereocenters. The zero-order valence-corrected chi connectivity index (χ0v) is 11.7. The van der Waals surface area contributed by atoms with Gasteiger partial charge in [0.2, 0.25) is 5.91 Å². The number of carbonyl (C=O) groups is 2. The smallest absolute Gasteiger partial charge is 0.244 e. The minimum atomic E-state index is -1.38. The van der Waals surface area contributed by atoms with Crippen LogP contribution < -0.4 is 10.4 Å². The zero-order chi connectivity index (χ0) is 15.1. The Kier molecular flexibility index (Phi) is 5.11. The average molecular weight is 288 g/mol. The number of carbonyl (C=O) groups excluding carboxylic acids is 2. The lowest BCUT2D eigenvalue weighted by molar-refractivity contribution is -0.297. The molecule has 21 heavy (non-hydrogen) atoms. The first-order valence-corrected chi connectivity index (χ1v) is 6.93. The van der Waals surface area contributed by atoms with Gasteiger partial charge < -0.3 is 20.0 Å². The van der Waals surface area contributed by atoms with E-state index in [1.165, 1.54) is 0 Å². The lowest BCUT2D eigenvalue weighted by Gasteiger charge is -2.37. The molecule has 1 aliphatic rings. The third kappa shape index (κ3) is 4.16. The fraction of sp³-hybridized carbons (Fsp3) is 0.375. The fourth-order valence-electron chi connectivity index (χ4n) is 2.58. The van der Waals surface area contributed by atoms with Gasteiger partial charge in [-0.15, -0.1) is 0 Å². The van der Waals surface area contributed by atoms with E-state index >= 15 is 0 Å². The Labute approximate surface area is 123 Å². The molecule has 5 heteroatoms. The van der Waals surface area contributed by atoms with E-state index in [0.29, 0.717) is 19.8 Å². The molecular formula is C16H18NO4-. The van der Waals surface area contributed by atoms with Crippen molar-refractivity contribution in [3.05, 3.63) is 48.0 Å². The number of hydrogen-bond donors (Lipinski definition) is 1. The van der Waals surface area contributed by atoms with Crippen molar-refractivity contribution in [2.24, 2.45) is 0 Å². The van der Waals surface area contributed by atoms with Crippen LogP contribution in [-0.2, 0) is 19.7 Å². The normalized spacial score (nSPS) is 17.5. The number of carboxylic acids is 1. The maximum atomic E-state index is 11.6. The summed E-state index contributed by atoms with van der Waals surface area (Å²) in [6, 6.07) is 10.0. The molecule has 5 nitrogen and oxygen atoms in total. The van der Waals surface area contributed by atoms with E-state index in [-0.39, 0.29) is 5.41 Å². The number of ether oxygens (including phenoxy) is 1. The lowest BCUT2D eigenvalue weighted by Crippen LogP contribution is -2.44. The number of hydrogen-bond acceptors (Lipinski definition) is 4. The second-order valence-corrected chi connectivity index (χ2v) is 5.13. The van der Waals surface area contributed by atoms with E-state index in [2.05, 4.69) is 17.4 Å². The van der Waals surface area contributed by atoms with Crippen molar-refractivity contribution in [1.82, 2.24) is 5.32 Å². The fourth-order valence-corrected chi connectivity index (χ4v) is 2.58. The van der Waals surface area contributed by atoms with Gasteiger partial charge in [-0.3, -0.25) is 4.79 Å². The van der Waals surface area contributed by atoms with Gasteiger partial charge in [0.05, 0.1) is 5.97 Å². The molecule has 0 saturated carbocycles. The van der Waals surface area contributed by atoms with Crippen LogP contribution in [0.15, 0.2) is 42.5 Å². The minimum Gasteiger partial charge on any atom is -0.545 e. The van der Waals surface area contributed by atoms with Gasteiger partial charge >= 0.3 is 0 Å². The molecule has 1 saturated heterocycles. The van der Waals surface area contributed by atoms with Gasteiger partial charge in [0.1, 0.15) is 0 Å². The number of nitrogens with one attached hydrogen (secondary N) is 1. The third-order valence-electron chi connectivity index (χ3n) is 3.81. The standard InChI is InChI=1S/C16H19NO4/c18-14(6-7-15(19)20)17-12-16(8-10-21-11-9-16)13-4-2-1-3-5-13/h1-7H,8-12H2,(H,17,18)(H,19,20)/p-1/b7-6+. The summed E-state index contributed by atoms with van der Waals surface area (Å²) in [4.78, 5) is 21.9. The highest BCUT2D eigenvalue weighted by Crippen LogP contribution is 2.34. The van der Waals surface area contributed by atoms with Crippen LogP contribution in [0.1, 0.15) is 18.4 Å². The molecule has 1 aromatic carbocycles. The van der Waals surface area contributed by atoms with Gasteiger partial charge in [0.15, 0.2) is 0 Å². The van der Waals surface area contributed by atoms with Crippen LogP contribution in [0.2, 0.25) is 0 Å². The van der Waals surface area contributed by atoms with Gasteiger partial charge in [0.25, 0.3) is 0 Å². The van der Waals surface area contributed by atoms with Crippen LogP contribution in [0, 0.1) is 0 Å². The summed E-state index contributed by atoms with van der Waals surface area (Å²) in [6.07, 6.45) is 3.35. The Morgan fingerprint density at radius 3 is 2.48 bits per heavy atom. The number of benzene rings is 1. The van der Waals surface area contributed by atoms with Crippen LogP contribution >= 0.6 is 0 Å². The van der Waals surface area contributed by atoms with E-state index in [0.717, 1.165) is 30.6 Å². The number of amides is 1. The molecule has 1 heterocycles. The third-order valence-corrected chi connectivity index (χ3v) is 3.81. The quantitative estimate of drug-likeness (QED) is 0.783. The molecule has 0 spiro atoms. The van der Waals surface area contributed by atoms with Gasteiger partial charge in [-0.2, -0.15) is 0 Å². The SMILES string of the molecule is O=C([O-])/C=C/C(=O)NCC1(c2ccccc2)CCOCC1. The molecule has 0 radical (unpaired) electrons. The summed E-state index contributed by atoms with van der Waals surface area (Å²) in [5.41, 5.74) is 1.00. The summed E-state index contributed by atoms with van der Waals surface area (Å²) < 4.78 is 5.42. The van der Waals surface area contributed by atoms with Gasteiger partial charge in [-0.1, -0.05) is 30.3 Å². The minimum absolute atomic E-state index is 0.162. The lowest BCUT2D eigenvalue weighted by atomic mass is 9.74. The van der Waals surface area contributed by atoms with Crippen molar-refractivity contribution in [1.29, 1.82) is 0 Å². The highest BCUT2D eigenvalue weighted by atomic mass is 16.5. The van der Waals surface area contributed by atoms with Gasteiger partial charge in [0, 0.05) is 31.2 Å². The highest BCUT2D eigenvalue weighted by molar-refractivity contribution is 5.93. The van der Waals surface area contributed by atoms with Crippen molar-refractivity contribution in [2.45, 2.75) is 18.3 Å². The Balaban J connectivity index is 2.07. The monoisotopic (exact) mass is 288 g/mol. The Morgan fingerprint density at radius 2 is 1.86 bits per heavy atom. The van der Waals surface area contributed by atoms with E-state index < -0.39 is 11.9 Å². The molecular weight excluding hydrogens is 270 g/mol. The van der Waals surface area contributed by atoms with Crippen molar-refractivity contribution in [2.75, 3.05) is 19.8 Å². The first kappa shape index (κ1) is 15.3.